The van der Waals surface area contributed by atoms with Crippen molar-refractivity contribution in [3.63, 3.8) is 0 Å². The number of hydrogen-bond acceptors (Lipinski definition) is 7. The number of hydrogen-bond donors (Lipinski definition) is 1. The van der Waals surface area contributed by atoms with Crippen LogP contribution in [-0.4, -0.2) is 37.7 Å². The number of nitrogens with two attached hydrogens (primary N) is 1. The summed E-state index contributed by atoms with van der Waals surface area (Å²) in [7, 11) is 0. The van der Waals surface area contributed by atoms with Gasteiger partial charge in [0.25, 0.3) is 0 Å². The monoisotopic (exact) mass is 291 g/mol. The first-order valence-corrected chi connectivity index (χ1v) is 6.85. The molecule has 21 heavy (non-hydrogen) atoms. The SMILES string of the molecule is CC[C@@H]1C[C@@H](OC(C)=O)[C@H](n2cnc3c(N)ncnc32)O1. The molecule has 2 aromatic rings. The fraction of sp³-hybridized carbons (Fsp3) is 0.538. The largest absolute Gasteiger partial charge is 0.458 e. The van der Waals surface area contributed by atoms with Crippen LogP contribution in [0.15, 0.2) is 12.7 Å². The molecule has 0 radical (unpaired) electrons. The third-order valence-electron chi connectivity index (χ3n) is 3.58. The van der Waals surface area contributed by atoms with E-state index in [4.69, 9.17) is 15.2 Å². The molecule has 3 atom stereocenters. The number of carbonyl (C=O) groups is 1. The normalized spacial score (nSPS) is 25.3. The van der Waals surface area contributed by atoms with Crippen molar-refractivity contribution >= 4 is 23.0 Å². The summed E-state index contributed by atoms with van der Waals surface area (Å²) in [5.41, 5.74) is 6.87. The molecule has 8 heteroatoms. The molecule has 0 saturated carbocycles. The smallest absolute Gasteiger partial charge is 0.303 e. The number of nitrogen functional groups attached to an aromatic ring is 1. The Morgan fingerprint density at radius 1 is 1.52 bits per heavy atom. The van der Waals surface area contributed by atoms with Gasteiger partial charge < -0.3 is 15.2 Å². The standard InChI is InChI=1S/C13H17N5O3/c1-3-8-4-9(20-7(2)19)13(21-8)18-6-17-10-11(14)15-5-16-12(10)18/h5-6,8-9,13H,3-4H2,1-2H3,(H2,14,15,16)/t8-,9-,13-/m1/s1. The molecule has 2 N–H and O–H groups in total. The average molecular weight is 291 g/mol. The Morgan fingerprint density at radius 2 is 2.33 bits per heavy atom. The molecule has 1 saturated heterocycles. The van der Waals surface area contributed by atoms with Crippen LogP contribution in [0.25, 0.3) is 11.2 Å². The van der Waals surface area contributed by atoms with E-state index >= 15 is 0 Å². The average Bonchev–Trinajstić information content (AvgIpc) is 3.02. The van der Waals surface area contributed by atoms with Gasteiger partial charge in [-0.05, 0) is 6.42 Å². The lowest BCUT2D eigenvalue weighted by molar-refractivity contribution is -0.152. The highest BCUT2D eigenvalue weighted by atomic mass is 16.6. The lowest BCUT2D eigenvalue weighted by atomic mass is 10.1. The number of nitrogens with zero attached hydrogens (tertiary/aromatic N) is 4. The number of rotatable bonds is 3. The van der Waals surface area contributed by atoms with Gasteiger partial charge in [0.1, 0.15) is 17.9 Å². The summed E-state index contributed by atoms with van der Waals surface area (Å²) in [6.45, 7) is 3.42. The van der Waals surface area contributed by atoms with E-state index in [-0.39, 0.29) is 18.2 Å². The molecule has 1 aliphatic rings. The Hall–Kier alpha value is -2.22. The van der Waals surface area contributed by atoms with Crippen molar-refractivity contribution < 1.29 is 14.3 Å². The van der Waals surface area contributed by atoms with Crippen LogP contribution >= 0.6 is 0 Å². The van der Waals surface area contributed by atoms with E-state index in [1.807, 2.05) is 6.92 Å². The second kappa shape index (κ2) is 5.28. The van der Waals surface area contributed by atoms with Crippen molar-refractivity contribution in [3.05, 3.63) is 12.7 Å². The Labute approximate surface area is 121 Å². The summed E-state index contributed by atoms with van der Waals surface area (Å²) in [5, 5.41) is 0. The lowest BCUT2D eigenvalue weighted by Crippen LogP contribution is -2.24. The first kappa shape index (κ1) is 13.7. The van der Waals surface area contributed by atoms with Crippen LogP contribution in [0.3, 0.4) is 0 Å². The molecule has 3 rings (SSSR count). The zero-order chi connectivity index (χ0) is 15.0. The van der Waals surface area contributed by atoms with Gasteiger partial charge in [-0.25, -0.2) is 15.0 Å². The summed E-state index contributed by atoms with van der Waals surface area (Å²) >= 11 is 0. The van der Waals surface area contributed by atoms with Crippen molar-refractivity contribution in [1.82, 2.24) is 19.5 Å². The molecule has 0 unspecified atom stereocenters. The number of anilines is 1. The van der Waals surface area contributed by atoms with E-state index < -0.39 is 6.23 Å². The van der Waals surface area contributed by atoms with E-state index in [9.17, 15) is 4.79 Å². The molecule has 1 fully saturated rings. The van der Waals surface area contributed by atoms with Gasteiger partial charge in [-0.2, -0.15) is 0 Å². The van der Waals surface area contributed by atoms with E-state index in [0.29, 0.717) is 23.4 Å². The van der Waals surface area contributed by atoms with Gasteiger partial charge in [0, 0.05) is 13.3 Å². The van der Waals surface area contributed by atoms with Gasteiger partial charge in [0.2, 0.25) is 0 Å². The fourth-order valence-corrected chi connectivity index (χ4v) is 2.60. The minimum absolute atomic E-state index is 0.0379. The summed E-state index contributed by atoms with van der Waals surface area (Å²) in [4.78, 5) is 23.6. The van der Waals surface area contributed by atoms with Gasteiger partial charge in [-0.15, -0.1) is 0 Å². The van der Waals surface area contributed by atoms with Crippen molar-refractivity contribution in [3.8, 4) is 0 Å². The van der Waals surface area contributed by atoms with Crippen molar-refractivity contribution in [1.29, 1.82) is 0 Å². The number of carbonyl (C=O) groups excluding carboxylic acids is 1. The van der Waals surface area contributed by atoms with E-state index in [2.05, 4.69) is 15.0 Å². The highest BCUT2D eigenvalue weighted by molar-refractivity contribution is 5.81. The van der Waals surface area contributed by atoms with Crippen molar-refractivity contribution in [2.45, 2.75) is 45.1 Å². The van der Waals surface area contributed by atoms with Gasteiger partial charge in [0.05, 0.1) is 12.4 Å². The predicted octanol–water partition coefficient (Wildman–Crippen LogP) is 1.04. The number of esters is 1. The molecule has 2 aromatic heterocycles. The number of ether oxygens (including phenoxy) is 2. The molecule has 112 valence electrons. The summed E-state index contributed by atoms with van der Waals surface area (Å²) in [5.74, 6) is -0.0169. The third kappa shape index (κ3) is 2.42. The minimum atomic E-state index is -0.446. The number of imidazole rings is 1. The van der Waals surface area contributed by atoms with E-state index in [1.54, 1.807) is 10.9 Å². The van der Waals surface area contributed by atoms with Gasteiger partial charge in [-0.3, -0.25) is 9.36 Å². The van der Waals surface area contributed by atoms with Crippen molar-refractivity contribution in [2.75, 3.05) is 5.73 Å². The van der Waals surface area contributed by atoms with Gasteiger partial charge >= 0.3 is 5.97 Å². The predicted molar refractivity (Wildman–Crippen MR) is 74.1 cm³/mol. The van der Waals surface area contributed by atoms with E-state index in [0.717, 1.165) is 6.42 Å². The summed E-state index contributed by atoms with van der Waals surface area (Å²) < 4.78 is 13.1. The summed E-state index contributed by atoms with van der Waals surface area (Å²) in [6.07, 6.45) is 3.70. The van der Waals surface area contributed by atoms with Crippen molar-refractivity contribution in [2.24, 2.45) is 0 Å². The van der Waals surface area contributed by atoms with Crippen LogP contribution < -0.4 is 5.73 Å². The van der Waals surface area contributed by atoms with Crippen LogP contribution in [0, 0.1) is 0 Å². The molecule has 0 aromatic carbocycles. The topological polar surface area (TPSA) is 105 Å². The van der Waals surface area contributed by atoms with E-state index in [1.165, 1.54) is 13.3 Å². The summed E-state index contributed by atoms with van der Waals surface area (Å²) in [6, 6.07) is 0. The molecule has 0 aliphatic carbocycles. The first-order valence-electron chi connectivity index (χ1n) is 6.85. The fourth-order valence-electron chi connectivity index (χ4n) is 2.60. The molecule has 0 bridgehead atoms. The zero-order valence-corrected chi connectivity index (χ0v) is 11.9. The van der Waals surface area contributed by atoms with Crippen LogP contribution in [0.4, 0.5) is 5.82 Å². The molecule has 3 heterocycles. The first-order chi connectivity index (χ1) is 10.1. The molecule has 8 nitrogen and oxygen atoms in total. The maximum Gasteiger partial charge on any atom is 0.303 e. The minimum Gasteiger partial charge on any atom is -0.458 e. The molecule has 0 amide bonds. The second-order valence-corrected chi connectivity index (χ2v) is 5.02. The second-order valence-electron chi connectivity index (χ2n) is 5.02. The number of aromatic nitrogens is 4. The quantitative estimate of drug-likeness (QED) is 0.842. The maximum absolute atomic E-state index is 11.3. The Morgan fingerprint density at radius 3 is 3.05 bits per heavy atom. The molecule has 0 spiro atoms. The third-order valence-corrected chi connectivity index (χ3v) is 3.58. The Balaban J connectivity index is 1.99. The maximum atomic E-state index is 11.3. The van der Waals surface area contributed by atoms with Crippen LogP contribution in [0.2, 0.25) is 0 Å². The van der Waals surface area contributed by atoms with Crippen LogP contribution in [0.5, 0.6) is 0 Å². The van der Waals surface area contributed by atoms with Crippen LogP contribution in [-0.2, 0) is 14.3 Å². The zero-order valence-electron chi connectivity index (χ0n) is 11.9. The highest BCUT2D eigenvalue weighted by Gasteiger charge is 2.38. The highest BCUT2D eigenvalue weighted by Crippen LogP contribution is 2.34. The van der Waals surface area contributed by atoms with Crippen LogP contribution in [0.1, 0.15) is 32.9 Å². The molecular formula is C13H17N5O3. The molecule has 1 aliphatic heterocycles. The van der Waals surface area contributed by atoms with Gasteiger partial charge in [0.15, 0.2) is 17.7 Å². The Kier molecular flexibility index (Phi) is 3.46. The Bertz CT molecular complexity index is 671. The molecular weight excluding hydrogens is 274 g/mol. The lowest BCUT2D eigenvalue weighted by Gasteiger charge is -2.19. The number of fused-ring (bicyclic) bond motifs is 1. The van der Waals surface area contributed by atoms with Gasteiger partial charge in [-0.1, -0.05) is 6.92 Å².